The summed E-state index contributed by atoms with van der Waals surface area (Å²) in [5, 5.41) is 11.7. The number of carboxylic acids is 1. The van der Waals surface area contributed by atoms with Crippen LogP contribution in [0.5, 0.6) is 0 Å². The molecule has 1 aromatic rings. The predicted molar refractivity (Wildman–Crippen MR) is 70.9 cm³/mol. The Labute approximate surface area is 111 Å². The molecule has 1 saturated heterocycles. The third kappa shape index (κ3) is 2.85. The van der Waals surface area contributed by atoms with Crippen molar-refractivity contribution in [1.82, 2.24) is 4.90 Å². The van der Waals surface area contributed by atoms with Crippen LogP contribution in [0.1, 0.15) is 12.0 Å². The van der Waals surface area contributed by atoms with Gasteiger partial charge in [-0.1, -0.05) is 17.7 Å². The summed E-state index contributed by atoms with van der Waals surface area (Å²) in [6.45, 7) is 2.34. The van der Waals surface area contributed by atoms with E-state index in [0.29, 0.717) is 12.2 Å². The monoisotopic (exact) mass is 263 g/mol. The molecule has 2 rings (SSSR count). The molecule has 102 valence electrons. The number of carbonyl (C=O) groups excluding carboxylic acids is 1. The molecule has 19 heavy (non-hydrogen) atoms. The number of hydrogen-bond donors (Lipinski definition) is 3. The van der Waals surface area contributed by atoms with E-state index < -0.39 is 11.5 Å². The molecule has 1 fully saturated rings. The molecule has 0 aromatic heterocycles. The van der Waals surface area contributed by atoms with Gasteiger partial charge in [0, 0.05) is 12.2 Å². The molecular weight excluding hydrogens is 246 g/mol. The lowest BCUT2D eigenvalue weighted by atomic mass is 10.0. The van der Waals surface area contributed by atoms with E-state index in [1.807, 2.05) is 19.1 Å². The molecule has 0 aliphatic carbocycles. The van der Waals surface area contributed by atoms with Gasteiger partial charge in [0.15, 0.2) is 0 Å². The molecular formula is C13H17N3O3. The number of urea groups is 1. The number of aryl methyl sites for hydroxylation is 1. The van der Waals surface area contributed by atoms with Crippen LogP contribution < -0.4 is 11.1 Å². The molecule has 1 heterocycles. The number of amides is 2. The van der Waals surface area contributed by atoms with E-state index in [-0.39, 0.29) is 19.0 Å². The largest absolute Gasteiger partial charge is 0.480 e. The minimum absolute atomic E-state index is 0.0278. The zero-order chi connectivity index (χ0) is 14.0. The van der Waals surface area contributed by atoms with Crippen molar-refractivity contribution in [2.45, 2.75) is 18.9 Å². The molecule has 6 nitrogen and oxygen atoms in total. The lowest BCUT2D eigenvalue weighted by Crippen LogP contribution is -2.51. The fourth-order valence-corrected chi connectivity index (χ4v) is 2.02. The van der Waals surface area contributed by atoms with E-state index in [9.17, 15) is 9.59 Å². The minimum Gasteiger partial charge on any atom is -0.480 e. The first-order chi connectivity index (χ1) is 8.90. The maximum atomic E-state index is 12.0. The van der Waals surface area contributed by atoms with Gasteiger partial charge in [-0.15, -0.1) is 0 Å². The van der Waals surface area contributed by atoms with Crippen LogP contribution in [-0.4, -0.2) is 40.6 Å². The van der Waals surface area contributed by atoms with Crippen LogP contribution in [0.3, 0.4) is 0 Å². The van der Waals surface area contributed by atoms with E-state index >= 15 is 0 Å². The number of nitrogens with two attached hydrogens (primary N) is 1. The molecule has 0 bridgehead atoms. The minimum atomic E-state index is -1.33. The van der Waals surface area contributed by atoms with Gasteiger partial charge in [0.2, 0.25) is 0 Å². The number of anilines is 1. The number of nitrogens with one attached hydrogen (secondary N) is 1. The second-order valence-electron chi connectivity index (χ2n) is 4.93. The van der Waals surface area contributed by atoms with E-state index in [1.165, 1.54) is 4.90 Å². The van der Waals surface area contributed by atoms with Gasteiger partial charge in [0.1, 0.15) is 5.54 Å². The fourth-order valence-electron chi connectivity index (χ4n) is 2.02. The Balaban J connectivity index is 1.98. The van der Waals surface area contributed by atoms with Gasteiger partial charge in [-0.25, -0.2) is 4.79 Å². The highest BCUT2D eigenvalue weighted by Gasteiger charge is 2.42. The molecule has 1 unspecified atom stereocenters. The van der Waals surface area contributed by atoms with E-state index in [0.717, 1.165) is 5.56 Å². The average Bonchev–Trinajstić information content (AvgIpc) is 2.76. The number of benzene rings is 1. The van der Waals surface area contributed by atoms with Crippen molar-refractivity contribution >= 4 is 17.7 Å². The summed E-state index contributed by atoms with van der Waals surface area (Å²) in [4.78, 5) is 24.4. The summed E-state index contributed by atoms with van der Waals surface area (Å²) in [5.41, 5.74) is 6.18. The summed E-state index contributed by atoms with van der Waals surface area (Å²) in [6.07, 6.45) is 0.268. The molecule has 6 heteroatoms. The average molecular weight is 263 g/mol. The lowest BCUT2D eigenvalue weighted by molar-refractivity contribution is -0.142. The van der Waals surface area contributed by atoms with Crippen LogP contribution in [0.15, 0.2) is 24.3 Å². The number of aliphatic carboxylic acids is 1. The van der Waals surface area contributed by atoms with Crippen molar-refractivity contribution in [2.24, 2.45) is 5.73 Å². The first-order valence-electron chi connectivity index (χ1n) is 6.06. The molecule has 1 aliphatic rings. The third-order valence-corrected chi connectivity index (χ3v) is 3.32. The zero-order valence-electron chi connectivity index (χ0n) is 10.7. The Kier molecular flexibility index (Phi) is 3.44. The van der Waals surface area contributed by atoms with Gasteiger partial charge in [-0.2, -0.15) is 0 Å². The Morgan fingerprint density at radius 1 is 1.37 bits per heavy atom. The highest BCUT2D eigenvalue weighted by Crippen LogP contribution is 2.20. The van der Waals surface area contributed by atoms with Crippen molar-refractivity contribution in [3.05, 3.63) is 29.8 Å². The molecule has 4 N–H and O–H groups in total. The Morgan fingerprint density at radius 2 is 2.00 bits per heavy atom. The van der Waals surface area contributed by atoms with Crippen molar-refractivity contribution in [3.8, 4) is 0 Å². The number of carbonyl (C=O) groups is 2. The molecule has 0 spiro atoms. The van der Waals surface area contributed by atoms with Gasteiger partial charge in [0.25, 0.3) is 0 Å². The molecule has 1 atom stereocenters. The molecule has 0 saturated carbocycles. The Bertz CT molecular complexity index is 500. The third-order valence-electron chi connectivity index (χ3n) is 3.32. The fraction of sp³-hybridized carbons (Fsp3) is 0.385. The van der Waals surface area contributed by atoms with Crippen molar-refractivity contribution in [3.63, 3.8) is 0 Å². The lowest BCUT2D eigenvalue weighted by Gasteiger charge is -2.20. The normalized spacial score (nSPS) is 22.3. The SMILES string of the molecule is Cc1ccc(NC(=O)N2CCC(N)(C(=O)O)C2)cc1. The number of rotatable bonds is 2. The van der Waals surface area contributed by atoms with Crippen molar-refractivity contribution in [1.29, 1.82) is 0 Å². The molecule has 2 amide bonds. The summed E-state index contributed by atoms with van der Waals surface area (Å²) in [5.74, 6) is -1.07. The van der Waals surface area contributed by atoms with E-state index in [2.05, 4.69) is 5.32 Å². The van der Waals surface area contributed by atoms with Crippen LogP contribution in [0.25, 0.3) is 0 Å². The summed E-state index contributed by atoms with van der Waals surface area (Å²) < 4.78 is 0. The molecule has 1 aromatic carbocycles. The van der Waals surface area contributed by atoms with Crippen LogP contribution in [0.2, 0.25) is 0 Å². The van der Waals surface area contributed by atoms with Gasteiger partial charge in [0.05, 0.1) is 6.54 Å². The number of likely N-dealkylation sites (tertiary alicyclic amines) is 1. The highest BCUT2D eigenvalue weighted by molar-refractivity contribution is 5.91. The van der Waals surface area contributed by atoms with Crippen LogP contribution in [0.4, 0.5) is 10.5 Å². The topological polar surface area (TPSA) is 95.7 Å². The standard InChI is InChI=1S/C13H17N3O3/c1-9-2-4-10(5-3-9)15-12(19)16-7-6-13(14,8-16)11(17)18/h2-5H,6-8,14H2,1H3,(H,15,19)(H,17,18). The van der Waals surface area contributed by atoms with Crippen LogP contribution >= 0.6 is 0 Å². The zero-order valence-corrected chi connectivity index (χ0v) is 10.7. The summed E-state index contributed by atoms with van der Waals surface area (Å²) in [7, 11) is 0. The Morgan fingerprint density at radius 3 is 2.53 bits per heavy atom. The quantitative estimate of drug-likeness (QED) is 0.742. The number of hydrogen-bond acceptors (Lipinski definition) is 3. The van der Waals surface area contributed by atoms with Crippen molar-refractivity contribution in [2.75, 3.05) is 18.4 Å². The van der Waals surface area contributed by atoms with Crippen LogP contribution in [-0.2, 0) is 4.79 Å². The summed E-state index contributed by atoms with van der Waals surface area (Å²) in [6, 6.07) is 7.07. The van der Waals surface area contributed by atoms with Gasteiger partial charge in [-0.3, -0.25) is 4.79 Å². The van der Waals surface area contributed by atoms with E-state index in [1.54, 1.807) is 12.1 Å². The first-order valence-corrected chi connectivity index (χ1v) is 6.06. The Hall–Kier alpha value is -2.08. The smallest absolute Gasteiger partial charge is 0.325 e. The number of carboxylic acid groups (broad SMARTS) is 1. The molecule has 1 aliphatic heterocycles. The first kappa shape index (κ1) is 13.4. The second kappa shape index (κ2) is 4.89. The number of nitrogens with zero attached hydrogens (tertiary/aromatic N) is 1. The van der Waals surface area contributed by atoms with E-state index in [4.69, 9.17) is 10.8 Å². The van der Waals surface area contributed by atoms with Crippen molar-refractivity contribution < 1.29 is 14.7 Å². The van der Waals surface area contributed by atoms with Gasteiger partial charge in [-0.05, 0) is 25.5 Å². The second-order valence-corrected chi connectivity index (χ2v) is 4.93. The van der Waals surface area contributed by atoms with Crippen LogP contribution in [0, 0.1) is 6.92 Å². The maximum absolute atomic E-state index is 12.0. The maximum Gasteiger partial charge on any atom is 0.325 e. The highest BCUT2D eigenvalue weighted by atomic mass is 16.4. The molecule has 0 radical (unpaired) electrons. The predicted octanol–water partition coefficient (Wildman–Crippen LogP) is 1.01. The van der Waals surface area contributed by atoms with Gasteiger partial charge >= 0.3 is 12.0 Å². The summed E-state index contributed by atoms with van der Waals surface area (Å²) >= 11 is 0. The van der Waals surface area contributed by atoms with Gasteiger partial charge < -0.3 is 21.1 Å².